The molecule has 0 saturated carbocycles. The first-order valence-corrected chi connectivity index (χ1v) is 3.13. The first kappa shape index (κ1) is 7.51. The van der Waals surface area contributed by atoms with Crippen LogP contribution in [-0.2, 0) is 0 Å². The van der Waals surface area contributed by atoms with Crippen LogP contribution in [0.4, 0.5) is 0 Å². The smallest absolute Gasteiger partial charge is 0.0108 e. The predicted molar refractivity (Wildman–Crippen MR) is 38.2 cm³/mol. The molecule has 0 aromatic heterocycles. The molecule has 1 aromatic carbocycles. The highest BCUT2D eigenvalue weighted by Crippen LogP contribution is 1.79. The second-order valence-electron chi connectivity index (χ2n) is 1.15. The van der Waals surface area contributed by atoms with Gasteiger partial charge in [0.05, 0.1) is 0 Å². The first-order valence-electron chi connectivity index (χ1n) is 2.38. The van der Waals surface area contributed by atoms with Gasteiger partial charge in [-0.1, -0.05) is 36.4 Å². The van der Waals surface area contributed by atoms with Crippen molar-refractivity contribution in [2.75, 3.05) is 6.38 Å². The topological polar surface area (TPSA) is 0 Å². The van der Waals surface area contributed by atoms with E-state index in [1.807, 2.05) is 36.4 Å². The van der Waals surface area contributed by atoms with E-state index in [0.29, 0.717) is 0 Å². The Kier molecular flexibility index (Phi) is 6.11. The number of benzene rings is 1. The van der Waals surface area contributed by atoms with Gasteiger partial charge in [0.2, 0.25) is 0 Å². The minimum Gasteiger partial charge on any atom is -0.130 e. The monoisotopic (exact) mass is 128 g/mol. The van der Waals surface area contributed by atoms with Crippen LogP contribution in [0.5, 0.6) is 0 Å². The van der Waals surface area contributed by atoms with Gasteiger partial charge in [-0.05, 0) is 0 Å². The number of rotatable bonds is 0. The predicted octanol–water partition coefficient (Wildman–Crippen LogP) is 2.54. The summed E-state index contributed by atoms with van der Waals surface area (Å²) >= 11 is 4.64. The van der Waals surface area contributed by atoms with Crippen molar-refractivity contribution in [3.8, 4) is 0 Å². The molecule has 8 heavy (non-hydrogen) atoms. The van der Waals surface area contributed by atoms with E-state index in [-0.39, 0.29) is 0 Å². The van der Waals surface area contributed by atoms with Crippen LogP contribution in [0.3, 0.4) is 0 Å². The summed E-state index contributed by atoms with van der Waals surface area (Å²) in [5.74, 6) is 0. The molecular weight excluding hydrogens is 120 g/mol. The quantitative estimate of drug-likeness (QED) is 0.471. The van der Waals surface area contributed by atoms with E-state index in [0.717, 1.165) is 0 Å². The van der Waals surface area contributed by atoms with Crippen molar-refractivity contribution < 1.29 is 0 Å². The summed E-state index contributed by atoms with van der Waals surface area (Å²) < 4.78 is 0. The zero-order chi connectivity index (χ0) is 6.24. The van der Waals surface area contributed by atoms with Crippen LogP contribution in [0.15, 0.2) is 36.4 Å². The van der Waals surface area contributed by atoms with Crippen molar-refractivity contribution in [1.82, 2.24) is 0 Å². The fourth-order valence-corrected chi connectivity index (χ4v) is 0.385. The first-order chi connectivity index (χ1) is 4.00. The van der Waals surface area contributed by atoms with Crippen LogP contribution < -0.4 is 0 Å². The van der Waals surface area contributed by atoms with Gasteiger partial charge < -0.3 is 0 Å². The molecular formula is C7H9Cl. The SMILES string of the molecule is CCl.c1ccccc1. The number of alkyl halides is 1. The fraction of sp³-hybridized carbons (Fsp3) is 0.143. The lowest BCUT2D eigenvalue weighted by atomic mass is 10.4. The Balaban J connectivity index is 0.000000222. The summed E-state index contributed by atoms with van der Waals surface area (Å²) in [4.78, 5) is 0. The van der Waals surface area contributed by atoms with Gasteiger partial charge in [0.25, 0.3) is 0 Å². The Hall–Kier alpha value is -0.490. The van der Waals surface area contributed by atoms with Gasteiger partial charge in [-0.15, -0.1) is 11.6 Å². The van der Waals surface area contributed by atoms with Crippen molar-refractivity contribution in [2.45, 2.75) is 0 Å². The third-order valence-corrected chi connectivity index (χ3v) is 0.667. The Morgan fingerprint density at radius 2 is 0.750 bits per heavy atom. The maximum atomic E-state index is 4.64. The van der Waals surface area contributed by atoms with Gasteiger partial charge in [-0.2, -0.15) is 0 Å². The molecule has 1 rings (SSSR count). The summed E-state index contributed by atoms with van der Waals surface area (Å²) in [5.41, 5.74) is 0. The highest BCUT2D eigenvalue weighted by Gasteiger charge is 1.57. The second kappa shape index (κ2) is 6.51. The summed E-state index contributed by atoms with van der Waals surface area (Å²) in [5, 5.41) is 0. The normalized spacial score (nSPS) is 6.75. The molecule has 0 heterocycles. The average Bonchev–Trinajstić information content (AvgIpc) is 1.96. The molecule has 0 bridgehead atoms. The zero-order valence-electron chi connectivity index (χ0n) is 4.84. The molecule has 1 heteroatoms. The zero-order valence-corrected chi connectivity index (χ0v) is 5.60. The highest BCUT2D eigenvalue weighted by atomic mass is 35.5. The molecule has 0 N–H and O–H groups in total. The van der Waals surface area contributed by atoms with Gasteiger partial charge in [0.15, 0.2) is 0 Å². The molecule has 0 nitrogen and oxygen atoms in total. The molecule has 0 atom stereocenters. The van der Waals surface area contributed by atoms with Crippen LogP contribution in [0.25, 0.3) is 0 Å². The van der Waals surface area contributed by atoms with Gasteiger partial charge in [0.1, 0.15) is 0 Å². The molecule has 0 aliphatic rings. The van der Waals surface area contributed by atoms with Gasteiger partial charge in [-0.3, -0.25) is 0 Å². The van der Waals surface area contributed by atoms with Crippen LogP contribution >= 0.6 is 11.6 Å². The molecule has 1 aromatic rings. The standard InChI is InChI=1S/C6H6.CH3Cl/c1-2-4-6-5-3-1;1-2/h1-6H;1H3. The van der Waals surface area contributed by atoms with E-state index < -0.39 is 0 Å². The van der Waals surface area contributed by atoms with E-state index in [1.54, 1.807) is 0 Å². The molecule has 0 aliphatic heterocycles. The fourth-order valence-electron chi connectivity index (χ4n) is 0.385. The van der Waals surface area contributed by atoms with Crippen LogP contribution in [0.1, 0.15) is 0 Å². The van der Waals surface area contributed by atoms with E-state index in [1.165, 1.54) is 6.38 Å². The van der Waals surface area contributed by atoms with Crippen molar-refractivity contribution in [1.29, 1.82) is 0 Å². The second-order valence-corrected chi connectivity index (χ2v) is 1.15. The van der Waals surface area contributed by atoms with Gasteiger partial charge in [0, 0.05) is 6.38 Å². The summed E-state index contributed by atoms with van der Waals surface area (Å²) in [6, 6.07) is 12.0. The largest absolute Gasteiger partial charge is 0.130 e. The van der Waals surface area contributed by atoms with E-state index >= 15 is 0 Å². The number of halogens is 1. The Labute approximate surface area is 55.1 Å². The third-order valence-electron chi connectivity index (χ3n) is 0.667. The molecule has 0 aliphatic carbocycles. The maximum absolute atomic E-state index is 4.64. The Bertz CT molecular complexity index is 76.3. The van der Waals surface area contributed by atoms with Crippen LogP contribution in [0, 0.1) is 0 Å². The lowest BCUT2D eigenvalue weighted by Gasteiger charge is -1.69. The molecule has 0 unspecified atom stereocenters. The van der Waals surface area contributed by atoms with E-state index in [4.69, 9.17) is 0 Å². The third kappa shape index (κ3) is 3.69. The van der Waals surface area contributed by atoms with Crippen molar-refractivity contribution >= 4 is 11.6 Å². The minimum absolute atomic E-state index is 1.47. The van der Waals surface area contributed by atoms with Gasteiger partial charge >= 0.3 is 0 Å². The summed E-state index contributed by atoms with van der Waals surface area (Å²) in [6.07, 6.45) is 1.47. The number of hydrogen-bond donors (Lipinski definition) is 0. The lowest BCUT2D eigenvalue weighted by Crippen LogP contribution is -1.47. The molecule has 0 fully saturated rings. The van der Waals surface area contributed by atoms with Crippen LogP contribution in [-0.4, -0.2) is 6.38 Å². The molecule has 0 radical (unpaired) electrons. The van der Waals surface area contributed by atoms with E-state index in [2.05, 4.69) is 11.6 Å². The van der Waals surface area contributed by atoms with Gasteiger partial charge in [-0.25, -0.2) is 0 Å². The maximum Gasteiger partial charge on any atom is 0.0108 e. The van der Waals surface area contributed by atoms with Crippen molar-refractivity contribution in [3.63, 3.8) is 0 Å². The Morgan fingerprint density at radius 1 is 0.625 bits per heavy atom. The lowest BCUT2D eigenvalue weighted by molar-refractivity contribution is 1.72. The molecule has 0 spiro atoms. The summed E-state index contributed by atoms with van der Waals surface area (Å²) in [6.45, 7) is 0. The van der Waals surface area contributed by atoms with Crippen LogP contribution in [0.2, 0.25) is 0 Å². The average molecular weight is 129 g/mol. The molecule has 0 saturated heterocycles. The number of hydrogen-bond acceptors (Lipinski definition) is 0. The summed E-state index contributed by atoms with van der Waals surface area (Å²) in [7, 11) is 0. The van der Waals surface area contributed by atoms with E-state index in [9.17, 15) is 0 Å². The Morgan fingerprint density at radius 3 is 0.875 bits per heavy atom. The molecule has 0 amide bonds. The minimum atomic E-state index is 1.47. The highest BCUT2D eigenvalue weighted by molar-refractivity contribution is 6.15. The molecule has 44 valence electrons. The van der Waals surface area contributed by atoms with Crippen molar-refractivity contribution in [2.24, 2.45) is 0 Å². The van der Waals surface area contributed by atoms with Crippen molar-refractivity contribution in [3.05, 3.63) is 36.4 Å².